The first-order valence-electron chi connectivity index (χ1n) is 11.6. The van der Waals surface area contributed by atoms with E-state index in [-0.39, 0.29) is 29.2 Å². The molecule has 2 aromatic rings. The van der Waals surface area contributed by atoms with Crippen LogP contribution in [0.25, 0.3) is 0 Å². The van der Waals surface area contributed by atoms with E-state index in [9.17, 15) is 19.2 Å². The molecule has 1 N–H and O–H groups in total. The Morgan fingerprint density at radius 3 is 2.59 bits per heavy atom. The number of anilines is 2. The highest BCUT2D eigenvalue weighted by molar-refractivity contribution is 6.22. The van der Waals surface area contributed by atoms with Crippen LogP contribution in [0.4, 0.5) is 11.4 Å². The lowest BCUT2D eigenvalue weighted by molar-refractivity contribution is -0.122. The van der Waals surface area contributed by atoms with Crippen LogP contribution in [0.2, 0.25) is 0 Å². The summed E-state index contributed by atoms with van der Waals surface area (Å²) in [5, 5.41) is 2.66. The van der Waals surface area contributed by atoms with Gasteiger partial charge in [0.25, 0.3) is 5.91 Å². The number of amides is 3. The fourth-order valence-corrected chi connectivity index (χ4v) is 4.67. The van der Waals surface area contributed by atoms with Crippen LogP contribution < -0.4 is 15.0 Å². The standard InChI is InChI=1S/C26H28N2O6/c1-3-33-22-10-5-4-9-21(22)27-23(29)15-34-26(32)17-7-6-8-18(14-17)28-24(30)19-12-11-16(2)13-20(19)25(28)31/h4-10,14,16,19-20H,3,11-13,15H2,1-2H3,(H,27,29)/t16-,19-,20-/m1/s1. The van der Waals surface area contributed by atoms with Gasteiger partial charge in [0.1, 0.15) is 5.75 Å². The molecule has 0 unspecified atom stereocenters. The van der Waals surface area contributed by atoms with Crippen LogP contribution in [0.3, 0.4) is 0 Å². The van der Waals surface area contributed by atoms with Crippen molar-refractivity contribution in [1.82, 2.24) is 0 Å². The highest BCUT2D eigenvalue weighted by Gasteiger charge is 2.50. The van der Waals surface area contributed by atoms with Gasteiger partial charge in [0.05, 0.1) is 35.4 Å². The molecular weight excluding hydrogens is 436 g/mol. The largest absolute Gasteiger partial charge is 0.492 e. The van der Waals surface area contributed by atoms with Crippen molar-refractivity contribution in [2.45, 2.75) is 33.1 Å². The number of nitrogens with zero attached hydrogens (tertiary/aromatic N) is 1. The molecule has 1 aliphatic heterocycles. The molecule has 8 nitrogen and oxygen atoms in total. The predicted molar refractivity (Wildman–Crippen MR) is 125 cm³/mol. The van der Waals surface area contributed by atoms with Gasteiger partial charge in [0.2, 0.25) is 11.8 Å². The Labute approximate surface area is 198 Å². The molecule has 1 heterocycles. The lowest BCUT2D eigenvalue weighted by Crippen LogP contribution is -2.31. The number of imide groups is 1. The molecular formula is C26H28N2O6. The summed E-state index contributed by atoms with van der Waals surface area (Å²) in [5.74, 6) is -1.31. The lowest BCUT2D eigenvalue weighted by Gasteiger charge is -2.25. The first-order valence-corrected chi connectivity index (χ1v) is 11.6. The number of benzene rings is 2. The van der Waals surface area contributed by atoms with Crippen LogP contribution in [-0.4, -0.2) is 36.9 Å². The Hall–Kier alpha value is -3.68. The van der Waals surface area contributed by atoms with Gasteiger partial charge in [-0.25, -0.2) is 4.79 Å². The molecule has 2 aliphatic rings. The summed E-state index contributed by atoms with van der Waals surface area (Å²) in [4.78, 5) is 52.0. The maximum atomic E-state index is 13.0. The van der Waals surface area contributed by atoms with Gasteiger partial charge in [0.15, 0.2) is 6.61 Å². The minimum absolute atomic E-state index is 0.156. The van der Waals surface area contributed by atoms with Gasteiger partial charge in [0, 0.05) is 0 Å². The quantitative estimate of drug-likeness (QED) is 0.494. The molecule has 0 radical (unpaired) electrons. The zero-order chi connectivity index (χ0) is 24.2. The molecule has 3 atom stereocenters. The summed E-state index contributed by atoms with van der Waals surface area (Å²) >= 11 is 0. The highest BCUT2D eigenvalue weighted by atomic mass is 16.5. The van der Waals surface area contributed by atoms with Crippen LogP contribution >= 0.6 is 0 Å². The van der Waals surface area contributed by atoms with E-state index in [0.717, 1.165) is 6.42 Å². The molecule has 178 valence electrons. The van der Waals surface area contributed by atoms with Gasteiger partial charge in [-0.1, -0.05) is 25.1 Å². The smallest absolute Gasteiger partial charge is 0.338 e. The summed E-state index contributed by atoms with van der Waals surface area (Å²) in [6.07, 6.45) is 2.34. The number of rotatable bonds is 7. The number of hydrogen-bond donors (Lipinski definition) is 1. The van der Waals surface area contributed by atoms with Crippen molar-refractivity contribution < 1.29 is 28.7 Å². The number of carbonyl (C=O) groups is 4. The second-order valence-corrected chi connectivity index (χ2v) is 8.75. The Balaban J connectivity index is 1.40. The summed E-state index contributed by atoms with van der Waals surface area (Å²) in [6, 6.07) is 13.2. The number of para-hydroxylation sites is 2. The molecule has 2 aromatic carbocycles. The van der Waals surface area contributed by atoms with E-state index in [0.29, 0.717) is 42.5 Å². The first kappa shape index (κ1) is 23.5. The molecule has 34 heavy (non-hydrogen) atoms. The van der Waals surface area contributed by atoms with E-state index in [1.807, 2.05) is 6.92 Å². The zero-order valence-corrected chi connectivity index (χ0v) is 19.3. The van der Waals surface area contributed by atoms with Crippen molar-refractivity contribution >= 4 is 35.1 Å². The predicted octanol–water partition coefficient (Wildman–Crippen LogP) is 3.81. The molecule has 8 heteroatoms. The molecule has 0 aromatic heterocycles. The highest BCUT2D eigenvalue weighted by Crippen LogP contribution is 2.42. The van der Waals surface area contributed by atoms with Crippen molar-refractivity contribution in [3.8, 4) is 5.75 Å². The SMILES string of the molecule is CCOc1ccccc1NC(=O)COC(=O)c1cccc(N2C(=O)[C@@H]3CC[C@@H](C)C[C@H]3C2=O)c1. The van der Waals surface area contributed by atoms with Crippen molar-refractivity contribution in [2.24, 2.45) is 17.8 Å². The van der Waals surface area contributed by atoms with E-state index in [2.05, 4.69) is 12.2 Å². The number of ether oxygens (including phenoxy) is 2. The molecule has 0 spiro atoms. The van der Waals surface area contributed by atoms with Gasteiger partial charge in [-0.15, -0.1) is 0 Å². The van der Waals surface area contributed by atoms with E-state index < -0.39 is 18.5 Å². The summed E-state index contributed by atoms with van der Waals surface area (Å²) in [7, 11) is 0. The number of esters is 1. The fourth-order valence-electron chi connectivity index (χ4n) is 4.67. The van der Waals surface area contributed by atoms with Gasteiger partial charge >= 0.3 is 5.97 Å². The average molecular weight is 465 g/mol. The van der Waals surface area contributed by atoms with Crippen LogP contribution in [-0.2, 0) is 19.1 Å². The van der Waals surface area contributed by atoms with E-state index >= 15 is 0 Å². The summed E-state index contributed by atoms with van der Waals surface area (Å²) < 4.78 is 10.6. The minimum atomic E-state index is -0.722. The van der Waals surface area contributed by atoms with E-state index in [1.165, 1.54) is 17.0 Å². The van der Waals surface area contributed by atoms with Gasteiger partial charge < -0.3 is 14.8 Å². The number of carbonyl (C=O) groups excluding carboxylic acids is 4. The molecule has 2 fully saturated rings. The van der Waals surface area contributed by atoms with Gasteiger partial charge in [-0.05, 0) is 62.4 Å². The van der Waals surface area contributed by atoms with Crippen LogP contribution in [0.1, 0.15) is 43.5 Å². The molecule has 1 saturated carbocycles. The third-order valence-electron chi connectivity index (χ3n) is 6.32. The van der Waals surface area contributed by atoms with Crippen molar-refractivity contribution in [3.05, 3.63) is 54.1 Å². The Morgan fingerprint density at radius 2 is 1.79 bits per heavy atom. The normalized spacial score (nSPS) is 21.7. The maximum Gasteiger partial charge on any atom is 0.338 e. The molecule has 1 aliphatic carbocycles. The Kier molecular flexibility index (Phi) is 6.95. The van der Waals surface area contributed by atoms with Crippen LogP contribution in [0.15, 0.2) is 48.5 Å². The molecule has 3 amide bonds. The van der Waals surface area contributed by atoms with Crippen molar-refractivity contribution in [1.29, 1.82) is 0 Å². The van der Waals surface area contributed by atoms with Gasteiger partial charge in [-0.3, -0.25) is 19.3 Å². The van der Waals surface area contributed by atoms with E-state index in [4.69, 9.17) is 9.47 Å². The second kappa shape index (κ2) is 10.1. The topological polar surface area (TPSA) is 102 Å². The summed E-state index contributed by atoms with van der Waals surface area (Å²) in [5.41, 5.74) is 0.986. The summed E-state index contributed by atoms with van der Waals surface area (Å²) in [6.45, 7) is 3.89. The minimum Gasteiger partial charge on any atom is -0.492 e. The fraction of sp³-hybridized carbons (Fsp3) is 0.385. The third kappa shape index (κ3) is 4.81. The monoisotopic (exact) mass is 464 g/mol. The average Bonchev–Trinajstić information content (AvgIpc) is 3.08. The van der Waals surface area contributed by atoms with Crippen molar-refractivity contribution in [2.75, 3.05) is 23.4 Å². The second-order valence-electron chi connectivity index (χ2n) is 8.75. The Bertz CT molecular complexity index is 1110. The zero-order valence-electron chi connectivity index (χ0n) is 19.3. The van der Waals surface area contributed by atoms with Crippen LogP contribution in [0.5, 0.6) is 5.75 Å². The van der Waals surface area contributed by atoms with Gasteiger partial charge in [-0.2, -0.15) is 0 Å². The molecule has 0 bridgehead atoms. The van der Waals surface area contributed by atoms with Crippen LogP contribution in [0, 0.1) is 17.8 Å². The molecule has 4 rings (SSSR count). The van der Waals surface area contributed by atoms with Crippen molar-refractivity contribution in [3.63, 3.8) is 0 Å². The Morgan fingerprint density at radius 1 is 1.03 bits per heavy atom. The number of nitrogens with one attached hydrogen (secondary N) is 1. The maximum absolute atomic E-state index is 13.0. The number of fused-ring (bicyclic) bond motifs is 1. The first-order chi connectivity index (χ1) is 16.4. The lowest BCUT2D eigenvalue weighted by atomic mass is 9.76. The van der Waals surface area contributed by atoms with E-state index in [1.54, 1.807) is 36.4 Å². The number of hydrogen-bond acceptors (Lipinski definition) is 6. The molecule has 1 saturated heterocycles. The third-order valence-corrected chi connectivity index (χ3v) is 6.32.